The van der Waals surface area contributed by atoms with Gasteiger partial charge in [-0.1, -0.05) is 94.1 Å². The molecule has 0 aromatic heterocycles. The fraction of sp³-hybridized carbons (Fsp3) is 0.656. The van der Waals surface area contributed by atoms with Gasteiger partial charge in [0.1, 0.15) is 11.6 Å². The van der Waals surface area contributed by atoms with Crippen LogP contribution in [0.2, 0.25) is 10.0 Å². The number of likely N-dealkylation sites (tertiary alicyclic amines) is 1. The lowest BCUT2D eigenvalue weighted by Crippen LogP contribution is -2.59. The number of halogens is 2. The minimum absolute atomic E-state index is 0.0484. The number of carbonyl (C=O) groups excluding carboxylic acids is 3. The number of amides is 3. The maximum absolute atomic E-state index is 14.5. The summed E-state index contributed by atoms with van der Waals surface area (Å²) >= 11 is 12.3. The van der Waals surface area contributed by atoms with Gasteiger partial charge in [-0.3, -0.25) is 14.4 Å². The molecule has 0 unspecified atom stereocenters. The number of fused-ring (bicyclic) bond motifs is 1. The van der Waals surface area contributed by atoms with Crippen LogP contribution >= 0.6 is 23.2 Å². The van der Waals surface area contributed by atoms with Crippen LogP contribution in [-0.2, 0) is 19.1 Å². The summed E-state index contributed by atoms with van der Waals surface area (Å²) in [4.78, 5) is 44.4. The second kappa shape index (κ2) is 11.5. The summed E-state index contributed by atoms with van der Waals surface area (Å²) in [5.41, 5.74) is -0.698. The van der Waals surface area contributed by atoms with Crippen molar-refractivity contribution in [2.45, 2.75) is 108 Å². The third-order valence-corrected chi connectivity index (χ3v) is 10.9. The third kappa shape index (κ3) is 5.21. The summed E-state index contributed by atoms with van der Waals surface area (Å²) in [6, 6.07) is 4.07. The molecule has 41 heavy (non-hydrogen) atoms. The lowest BCUT2D eigenvalue weighted by atomic mass is 9.73. The third-order valence-electron chi connectivity index (χ3n) is 10.5. The van der Waals surface area contributed by atoms with Crippen LogP contribution in [0.4, 0.5) is 5.69 Å². The first-order valence-electron chi connectivity index (χ1n) is 15.5. The molecule has 2 N–H and O–H groups in total. The van der Waals surface area contributed by atoms with Crippen molar-refractivity contribution >= 4 is 46.6 Å². The van der Waals surface area contributed by atoms with Gasteiger partial charge in [-0.15, -0.1) is 0 Å². The molecule has 8 atom stereocenters. The van der Waals surface area contributed by atoms with Crippen LogP contribution in [0.25, 0.3) is 0 Å². The van der Waals surface area contributed by atoms with Gasteiger partial charge in [0.2, 0.25) is 17.7 Å². The number of benzene rings is 1. The van der Waals surface area contributed by atoms with Crippen LogP contribution in [0.5, 0.6) is 0 Å². The molecule has 4 fully saturated rings. The van der Waals surface area contributed by atoms with Gasteiger partial charge in [-0.25, -0.2) is 0 Å². The quantitative estimate of drug-likeness (QED) is 0.397. The molecule has 1 aromatic carbocycles. The van der Waals surface area contributed by atoms with E-state index in [0.29, 0.717) is 27.6 Å². The Hall–Kier alpha value is -2.09. The molecule has 9 heteroatoms. The minimum Gasteiger partial charge on any atom is -0.359 e. The smallest absolute Gasteiger partial charge is 0.246 e. The predicted octanol–water partition coefficient (Wildman–Crippen LogP) is 6.14. The van der Waals surface area contributed by atoms with Gasteiger partial charge < -0.3 is 20.3 Å². The number of carbonyl (C=O) groups is 3. The van der Waals surface area contributed by atoms with Crippen molar-refractivity contribution in [3.8, 4) is 0 Å². The van der Waals surface area contributed by atoms with Crippen LogP contribution in [0.3, 0.4) is 0 Å². The zero-order chi connectivity index (χ0) is 28.9. The average Bonchev–Trinajstić information content (AvgIpc) is 3.53. The zero-order valence-electron chi connectivity index (χ0n) is 23.9. The lowest BCUT2D eigenvalue weighted by molar-refractivity contribution is -0.144. The van der Waals surface area contributed by atoms with Crippen LogP contribution < -0.4 is 10.6 Å². The van der Waals surface area contributed by atoms with Crippen LogP contribution in [0, 0.1) is 23.7 Å². The van der Waals surface area contributed by atoms with Gasteiger partial charge in [-0.2, -0.15) is 0 Å². The van der Waals surface area contributed by atoms with E-state index < -0.39 is 29.6 Å². The molecular weight excluding hydrogens is 561 g/mol. The van der Waals surface area contributed by atoms with Gasteiger partial charge in [0, 0.05) is 27.8 Å². The molecular formula is C32H41Cl2N3O4. The maximum atomic E-state index is 14.5. The number of nitrogens with zero attached hydrogens (tertiary/aromatic N) is 1. The largest absolute Gasteiger partial charge is 0.359 e. The first-order valence-corrected chi connectivity index (χ1v) is 16.2. The van der Waals surface area contributed by atoms with E-state index in [0.717, 1.165) is 57.8 Å². The predicted molar refractivity (Wildman–Crippen MR) is 160 cm³/mol. The van der Waals surface area contributed by atoms with Crippen molar-refractivity contribution < 1.29 is 19.1 Å². The average molecular weight is 603 g/mol. The summed E-state index contributed by atoms with van der Waals surface area (Å²) in [5.74, 6) is -1.26. The molecule has 2 saturated heterocycles. The van der Waals surface area contributed by atoms with Crippen LogP contribution in [0.1, 0.15) is 78.1 Å². The highest BCUT2D eigenvalue weighted by Crippen LogP contribution is 2.56. The number of ether oxygens (including phenoxy) is 1. The lowest BCUT2D eigenvalue weighted by Gasteiger charge is -2.40. The second-order valence-electron chi connectivity index (χ2n) is 13.0. The first-order chi connectivity index (χ1) is 19.7. The number of nitrogens with one attached hydrogen (secondary N) is 2. The number of hydrogen-bond acceptors (Lipinski definition) is 4. The molecule has 0 radical (unpaired) electrons. The Bertz CT molecular complexity index is 1210. The molecule has 222 valence electrons. The summed E-state index contributed by atoms with van der Waals surface area (Å²) < 4.78 is 6.57. The zero-order valence-corrected chi connectivity index (χ0v) is 25.4. The fourth-order valence-corrected chi connectivity index (χ4v) is 8.74. The molecule has 7 nitrogen and oxygen atoms in total. The Labute approximate surface area is 252 Å². The van der Waals surface area contributed by atoms with Gasteiger partial charge in [0.15, 0.2) is 0 Å². The van der Waals surface area contributed by atoms with Gasteiger partial charge in [-0.05, 0) is 49.3 Å². The molecule has 3 aliphatic heterocycles. The highest BCUT2D eigenvalue weighted by atomic mass is 35.5. The van der Waals surface area contributed by atoms with E-state index >= 15 is 0 Å². The Morgan fingerprint density at radius 3 is 2.32 bits per heavy atom. The van der Waals surface area contributed by atoms with E-state index in [4.69, 9.17) is 27.9 Å². The van der Waals surface area contributed by atoms with E-state index in [1.807, 2.05) is 17.1 Å². The topological polar surface area (TPSA) is 87.7 Å². The van der Waals surface area contributed by atoms with E-state index in [1.54, 1.807) is 18.2 Å². The summed E-state index contributed by atoms with van der Waals surface area (Å²) in [6.07, 6.45) is 13.6. The van der Waals surface area contributed by atoms with Crippen molar-refractivity contribution in [2.24, 2.45) is 23.7 Å². The molecule has 2 bridgehead atoms. The molecule has 2 saturated carbocycles. The number of anilines is 1. The molecule has 3 amide bonds. The first kappa shape index (κ1) is 29.0. The highest BCUT2D eigenvalue weighted by Gasteiger charge is 2.73. The van der Waals surface area contributed by atoms with Crippen molar-refractivity contribution in [1.29, 1.82) is 0 Å². The Morgan fingerprint density at radius 1 is 0.927 bits per heavy atom. The van der Waals surface area contributed by atoms with Crippen molar-refractivity contribution in [2.75, 3.05) is 5.32 Å². The van der Waals surface area contributed by atoms with Crippen molar-refractivity contribution in [3.63, 3.8) is 0 Å². The van der Waals surface area contributed by atoms with E-state index in [9.17, 15) is 14.4 Å². The minimum atomic E-state index is -1.16. The molecule has 6 rings (SSSR count). The Kier molecular flexibility index (Phi) is 8.16. The maximum Gasteiger partial charge on any atom is 0.246 e. The summed E-state index contributed by atoms with van der Waals surface area (Å²) in [7, 11) is 0. The normalized spacial score (nSPS) is 37.0. The fourth-order valence-electron chi connectivity index (χ4n) is 8.21. The molecule has 5 aliphatic rings. The van der Waals surface area contributed by atoms with Crippen LogP contribution in [0.15, 0.2) is 30.4 Å². The number of hydrogen-bond donors (Lipinski definition) is 2. The van der Waals surface area contributed by atoms with Crippen molar-refractivity contribution in [3.05, 3.63) is 40.4 Å². The SMILES string of the molecule is C[C@@H]1[C@H](C)CCC[C@@H]1NC(=O)[C@@H]1N(C2CCCCCCC2)C(=O)[C@@H]2[C@@H](C(=O)Nc3cc(Cl)cc(Cl)c3)[C@@H]3C=C[C@]21O3. The van der Waals surface area contributed by atoms with Gasteiger partial charge in [0.05, 0.1) is 17.9 Å². The highest BCUT2D eigenvalue weighted by molar-refractivity contribution is 6.35. The van der Waals surface area contributed by atoms with E-state index in [2.05, 4.69) is 24.5 Å². The van der Waals surface area contributed by atoms with Crippen molar-refractivity contribution in [1.82, 2.24) is 10.2 Å². The Balaban J connectivity index is 1.33. The van der Waals surface area contributed by atoms with E-state index in [-0.39, 0.29) is 29.8 Å². The Morgan fingerprint density at radius 2 is 1.61 bits per heavy atom. The number of rotatable bonds is 5. The standard InChI is InChI=1S/C32H41Cl2N3O4/c1-18-9-8-12-24(19(18)2)36-30(39)28-32-14-13-25(41-32)26(29(38)35-22-16-20(33)15-21(34)17-22)27(32)31(40)37(28)23-10-6-4-3-5-7-11-23/h13-19,23-28H,3-12H2,1-2H3,(H,35,38)(H,36,39)/t18-,19-,24+,25+,26+,27+,28+,32+/m1/s1. The van der Waals surface area contributed by atoms with Crippen LogP contribution in [-0.4, -0.2) is 52.5 Å². The summed E-state index contributed by atoms with van der Waals surface area (Å²) in [6.45, 7) is 4.46. The molecule has 2 aliphatic carbocycles. The summed E-state index contributed by atoms with van der Waals surface area (Å²) in [5, 5.41) is 7.10. The molecule has 3 heterocycles. The monoisotopic (exact) mass is 601 g/mol. The van der Waals surface area contributed by atoms with E-state index in [1.165, 1.54) is 6.42 Å². The van der Waals surface area contributed by atoms with Gasteiger partial charge in [0.25, 0.3) is 0 Å². The molecule has 1 spiro atoms. The molecule has 1 aromatic rings. The van der Waals surface area contributed by atoms with Gasteiger partial charge >= 0.3 is 0 Å². The second-order valence-corrected chi connectivity index (χ2v) is 13.8.